The third-order valence-corrected chi connectivity index (χ3v) is 2.79. The van der Waals surface area contributed by atoms with Crippen LogP contribution in [0.2, 0.25) is 5.02 Å². The fraction of sp³-hybridized carbons (Fsp3) is 0.167. The van der Waals surface area contributed by atoms with Crippen LogP contribution >= 0.6 is 11.6 Å². The van der Waals surface area contributed by atoms with Gasteiger partial charge in [-0.25, -0.2) is 0 Å². The topological polar surface area (TPSA) is 25.8 Å². The highest BCUT2D eigenvalue weighted by Gasteiger charge is 2.33. The second-order valence-electron chi connectivity index (χ2n) is 3.74. The second-order valence-corrected chi connectivity index (χ2v) is 4.14. The van der Waals surface area contributed by atoms with Crippen LogP contribution in [-0.2, 0) is 6.18 Å². The quantitative estimate of drug-likeness (QED) is 0.780. The molecule has 0 N–H and O–H groups in total. The van der Waals surface area contributed by atoms with Gasteiger partial charge in [-0.2, -0.15) is 13.2 Å². The van der Waals surface area contributed by atoms with Crippen LogP contribution < -0.4 is 0 Å². The lowest BCUT2D eigenvalue weighted by Crippen LogP contribution is -2.07. The third kappa shape index (κ3) is 2.46. The molecule has 6 heteroatoms. The molecule has 0 spiro atoms. The summed E-state index contributed by atoms with van der Waals surface area (Å²) in [6, 6.07) is 2.58. The summed E-state index contributed by atoms with van der Waals surface area (Å²) < 4.78 is 37.3. The van der Waals surface area contributed by atoms with Gasteiger partial charge in [0.2, 0.25) is 0 Å². The lowest BCUT2D eigenvalue weighted by molar-refractivity contribution is -0.141. The second kappa shape index (κ2) is 4.57. The molecule has 0 saturated carbocycles. The summed E-state index contributed by atoms with van der Waals surface area (Å²) in [4.78, 5) is 7.32. The van der Waals surface area contributed by atoms with Crippen LogP contribution in [0.3, 0.4) is 0 Å². The summed E-state index contributed by atoms with van der Waals surface area (Å²) in [6.07, 6.45) is -0.225. The zero-order chi connectivity index (χ0) is 13.3. The average molecular weight is 273 g/mol. The molecule has 2 nitrogen and oxygen atoms in total. The van der Waals surface area contributed by atoms with Crippen molar-refractivity contribution in [2.24, 2.45) is 0 Å². The van der Waals surface area contributed by atoms with Crippen molar-refractivity contribution in [3.05, 3.63) is 47.0 Å². The van der Waals surface area contributed by atoms with Crippen LogP contribution in [0.15, 0.2) is 30.7 Å². The number of aryl methyl sites for hydroxylation is 1. The molecule has 0 fully saturated rings. The minimum atomic E-state index is -4.49. The lowest BCUT2D eigenvalue weighted by atomic mass is 10.0. The van der Waals surface area contributed by atoms with Gasteiger partial charge < -0.3 is 0 Å². The standard InChI is InChI=1S/C12H8ClF3N2/c1-7-2-3-17-5-8(7)9-6-18-11(4-10(9)13)12(14,15)16/h2-6H,1H3. The van der Waals surface area contributed by atoms with Gasteiger partial charge in [-0.3, -0.25) is 9.97 Å². The zero-order valence-corrected chi connectivity index (χ0v) is 10.0. The maximum Gasteiger partial charge on any atom is 0.433 e. The van der Waals surface area contributed by atoms with Crippen molar-refractivity contribution in [1.29, 1.82) is 0 Å². The third-order valence-electron chi connectivity index (χ3n) is 2.47. The monoisotopic (exact) mass is 272 g/mol. The van der Waals surface area contributed by atoms with Crippen LogP contribution in [-0.4, -0.2) is 9.97 Å². The Morgan fingerprint density at radius 1 is 1.17 bits per heavy atom. The number of alkyl halides is 3. The molecule has 2 rings (SSSR count). The maximum atomic E-state index is 12.4. The summed E-state index contributed by atoms with van der Waals surface area (Å²) in [5.41, 5.74) is 0.977. The van der Waals surface area contributed by atoms with Crippen LogP contribution in [0.1, 0.15) is 11.3 Å². The molecule has 0 atom stereocenters. The summed E-state index contributed by atoms with van der Waals surface area (Å²) in [5.74, 6) is 0. The summed E-state index contributed by atoms with van der Waals surface area (Å²) in [5, 5.41) is 0.00780. The van der Waals surface area contributed by atoms with E-state index < -0.39 is 11.9 Å². The van der Waals surface area contributed by atoms with E-state index in [4.69, 9.17) is 11.6 Å². The first-order chi connectivity index (χ1) is 8.39. The van der Waals surface area contributed by atoms with Gasteiger partial charge >= 0.3 is 6.18 Å². The fourth-order valence-electron chi connectivity index (χ4n) is 1.53. The predicted molar refractivity (Wildman–Crippen MR) is 62.2 cm³/mol. The Kier molecular flexibility index (Phi) is 3.26. The number of rotatable bonds is 1. The Morgan fingerprint density at radius 3 is 2.44 bits per heavy atom. The Morgan fingerprint density at radius 2 is 1.89 bits per heavy atom. The molecule has 0 amide bonds. The highest BCUT2D eigenvalue weighted by Crippen LogP contribution is 2.34. The molecule has 2 heterocycles. The molecule has 0 aliphatic carbocycles. The van der Waals surface area contributed by atoms with Crippen LogP contribution in [0, 0.1) is 6.92 Å². The van der Waals surface area contributed by atoms with Crippen molar-refractivity contribution < 1.29 is 13.2 Å². The van der Waals surface area contributed by atoms with E-state index in [9.17, 15) is 13.2 Å². The Balaban J connectivity index is 2.52. The molecule has 0 radical (unpaired) electrons. The van der Waals surface area contributed by atoms with Gasteiger partial charge in [0.25, 0.3) is 0 Å². The van der Waals surface area contributed by atoms with E-state index in [0.29, 0.717) is 11.1 Å². The Labute approximate surface area is 106 Å². The fourth-order valence-corrected chi connectivity index (χ4v) is 1.78. The SMILES string of the molecule is Cc1ccncc1-c1cnc(C(F)(F)F)cc1Cl. The normalized spacial score (nSPS) is 11.6. The number of pyridine rings is 2. The summed E-state index contributed by atoms with van der Waals surface area (Å²) in [6.45, 7) is 1.82. The predicted octanol–water partition coefficient (Wildman–Crippen LogP) is 4.12. The van der Waals surface area contributed by atoms with E-state index in [1.165, 1.54) is 0 Å². The van der Waals surface area contributed by atoms with Gasteiger partial charge in [0.15, 0.2) is 0 Å². The van der Waals surface area contributed by atoms with E-state index in [-0.39, 0.29) is 5.02 Å². The number of nitrogens with zero attached hydrogens (tertiary/aromatic N) is 2. The molecule has 2 aromatic rings. The van der Waals surface area contributed by atoms with E-state index in [1.807, 2.05) is 6.92 Å². The van der Waals surface area contributed by atoms with Gasteiger partial charge in [0.05, 0.1) is 5.02 Å². The molecular weight excluding hydrogens is 265 g/mol. The van der Waals surface area contributed by atoms with Gasteiger partial charge in [0.1, 0.15) is 5.69 Å². The minimum Gasteiger partial charge on any atom is -0.264 e. The molecule has 0 saturated heterocycles. The molecule has 2 aromatic heterocycles. The van der Waals surface area contributed by atoms with Crippen molar-refractivity contribution in [3.63, 3.8) is 0 Å². The molecule has 0 aliphatic rings. The van der Waals surface area contributed by atoms with Crippen LogP contribution in [0.25, 0.3) is 11.1 Å². The van der Waals surface area contributed by atoms with Crippen molar-refractivity contribution in [2.45, 2.75) is 13.1 Å². The first-order valence-electron chi connectivity index (χ1n) is 5.03. The molecular formula is C12H8ClF3N2. The smallest absolute Gasteiger partial charge is 0.264 e. The van der Waals surface area contributed by atoms with E-state index in [1.54, 1.807) is 18.5 Å². The van der Waals surface area contributed by atoms with Crippen LogP contribution in [0.4, 0.5) is 13.2 Å². The maximum absolute atomic E-state index is 12.4. The Bertz CT molecular complexity index is 582. The minimum absolute atomic E-state index is 0.00780. The van der Waals surface area contributed by atoms with Crippen molar-refractivity contribution in [2.75, 3.05) is 0 Å². The van der Waals surface area contributed by atoms with E-state index in [0.717, 1.165) is 17.8 Å². The highest BCUT2D eigenvalue weighted by atomic mass is 35.5. The largest absolute Gasteiger partial charge is 0.433 e. The molecule has 0 aromatic carbocycles. The average Bonchev–Trinajstić information content (AvgIpc) is 2.29. The number of hydrogen-bond donors (Lipinski definition) is 0. The van der Waals surface area contributed by atoms with Gasteiger partial charge in [-0.15, -0.1) is 0 Å². The molecule has 0 bridgehead atoms. The lowest BCUT2D eigenvalue weighted by Gasteiger charge is -2.10. The van der Waals surface area contributed by atoms with Crippen molar-refractivity contribution >= 4 is 11.6 Å². The zero-order valence-electron chi connectivity index (χ0n) is 9.29. The molecule has 94 valence electrons. The summed E-state index contributed by atoms with van der Waals surface area (Å²) in [7, 11) is 0. The number of aromatic nitrogens is 2. The number of halogens is 4. The highest BCUT2D eigenvalue weighted by molar-refractivity contribution is 6.33. The first kappa shape index (κ1) is 12.8. The summed E-state index contributed by atoms with van der Waals surface area (Å²) >= 11 is 5.87. The van der Waals surface area contributed by atoms with Crippen molar-refractivity contribution in [3.8, 4) is 11.1 Å². The van der Waals surface area contributed by atoms with E-state index in [2.05, 4.69) is 9.97 Å². The van der Waals surface area contributed by atoms with Crippen molar-refractivity contribution in [1.82, 2.24) is 9.97 Å². The Hall–Kier alpha value is -1.62. The molecule has 0 aliphatic heterocycles. The van der Waals surface area contributed by atoms with Crippen LogP contribution in [0.5, 0.6) is 0 Å². The number of hydrogen-bond acceptors (Lipinski definition) is 2. The first-order valence-corrected chi connectivity index (χ1v) is 5.41. The molecule has 18 heavy (non-hydrogen) atoms. The molecule has 0 unspecified atom stereocenters. The van der Waals surface area contributed by atoms with Gasteiger partial charge in [-0.1, -0.05) is 11.6 Å². The van der Waals surface area contributed by atoms with Gasteiger partial charge in [0, 0.05) is 29.7 Å². The van der Waals surface area contributed by atoms with Gasteiger partial charge in [-0.05, 0) is 24.6 Å². The van der Waals surface area contributed by atoms with E-state index >= 15 is 0 Å².